The average molecular weight is 416 g/mol. The van der Waals surface area contributed by atoms with Crippen molar-refractivity contribution in [1.29, 1.82) is 0 Å². The van der Waals surface area contributed by atoms with Crippen LogP contribution in [-0.2, 0) is 0 Å². The summed E-state index contributed by atoms with van der Waals surface area (Å²) in [5.74, 6) is 0.442. The summed E-state index contributed by atoms with van der Waals surface area (Å²) in [7, 11) is 1.59. The minimum atomic E-state index is -0.446. The molecule has 0 radical (unpaired) electrons. The molecule has 1 amide bonds. The Hall–Kier alpha value is -2.58. The molecule has 0 aliphatic carbocycles. The average Bonchev–Trinajstić information content (AvgIpc) is 3.20. The van der Waals surface area contributed by atoms with Gasteiger partial charge in [0, 0.05) is 29.1 Å². The van der Waals surface area contributed by atoms with Crippen LogP contribution in [0.2, 0.25) is 0 Å². The van der Waals surface area contributed by atoms with Crippen molar-refractivity contribution in [2.45, 2.75) is 35.6 Å². The Morgan fingerprint density at radius 1 is 1.31 bits per heavy atom. The van der Waals surface area contributed by atoms with E-state index in [9.17, 15) is 14.9 Å². The van der Waals surface area contributed by atoms with Gasteiger partial charge in [0.15, 0.2) is 0 Å². The van der Waals surface area contributed by atoms with Crippen LogP contribution in [0.15, 0.2) is 52.3 Å². The normalized spacial score (nSPS) is 16.6. The summed E-state index contributed by atoms with van der Waals surface area (Å²) in [5.41, 5.74) is 0.228. The first-order valence-electron chi connectivity index (χ1n) is 9.64. The molecule has 1 atom stereocenters. The monoisotopic (exact) mass is 415 g/mol. The highest BCUT2D eigenvalue weighted by molar-refractivity contribution is 7.99. The number of nitrogens with one attached hydrogen (secondary N) is 1. The number of nitro groups is 1. The fourth-order valence-corrected chi connectivity index (χ4v) is 4.41. The standard InChI is InChI=1S/C21H25N3O4S/c1-3-23-12-4-5-16(23)14-22-21(25)15-6-11-20(19(13-15)24(26)27)29-18-9-7-17(28-2)8-10-18/h6-11,13,16H,3-5,12,14H2,1-2H3,(H,22,25). The molecule has 1 saturated heterocycles. The quantitative estimate of drug-likeness (QED) is 0.519. The molecule has 1 unspecified atom stereocenters. The summed E-state index contributed by atoms with van der Waals surface area (Å²) in [6.45, 7) is 4.69. The summed E-state index contributed by atoms with van der Waals surface area (Å²) in [4.78, 5) is 27.4. The lowest BCUT2D eigenvalue weighted by molar-refractivity contribution is -0.387. The molecule has 1 heterocycles. The van der Waals surface area contributed by atoms with Crippen molar-refractivity contribution >= 4 is 23.4 Å². The Morgan fingerprint density at radius 3 is 2.72 bits per heavy atom. The van der Waals surface area contributed by atoms with Crippen LogP contribution in [0, 0.1) is 10.1 Å². The van der Waals surface area contributed by atoms with Crippen LogP contribution in [0.3, 0.4) is 0 Å². The van der Waals surface area contributed by atoms with Crippen molar-refractivity contribution in [3.63, 3.8) is 0 Å². The summed E-state index contributed by atoms with van der Waals surface area (Å²) >= 11 is 1.28. The van der Waals surface area contributed by atoms with Gasteiger partial charge in [0.25, 0.3) is 11.6 Å². The second-order valence-electron chi connectivity index (χ2n) is 6.85. The van der Waals surface area contributed by atoms with Crippen molar-refractivity contribution in [3.05, 3.63) is 58.1 Å². The molecule has 1 aliphatic heterocycles. The lowest BCUT2D eigenvalue weighted by Crippen LogP contribution is -2.40. The summed E-state index contributed by atoms with van der Waals surface area (Å²) < 4.78 is 5.13. The molecule has 1 N–H and O–H groups in total. The number of ether oxygens (including phenoxy) is 1. The van der Waals surface area contributed by atoms with Gasteiger partial charge < -0.3 is 10.1 Å². The third-order valence-corrected chi connectivity index (χ3v) is 6.18. The Bertz CT molecular complexity index is 873. The molecule has 7 nitrogen and oxygen atoms in total. The summed E-state index contributed by atoms with van der Waals surface area (Å²) in [5, 5.41) is 14.5. The lowest BCUT2D eigenvalue weighted by Gasteiger charge is -2.22. The van der Waals surface area contributed by atoms with E-state index in [2.05, 4.69) is 17.1 Å². The van der Waals surface area contributed by atoms with Crippen molar-refractivity contribution in [2.24, 2.45) is 0 Å². The van der Waals surface area contributed by atoms with E-state index in [1.165, 1.54) is 17.8 Å². The number of likely N-dealkylation sites (N-methyl/N-ethyl adjacent to an activating group) is 1. The van der Waals surface area contributed by atoms with E-state index >= 15 is 0 Å². The van der Waals surface area contributed by atoms with E-state index in [0.717, 1.165) is 36.6 Å². The molecule has 0 aromatic heterocycles. The number of hydrogen-bond donors (Lipinski definition) is 1. The zero-order chi connectivity index (χ0) is 20.8. The van der Waals surface area contributed by atoms with Gasteiger partial charge in [0.05, 0.1) is 16.9 Å². The molecule has 1 aliphatic rings. The molecule has 1 fully saturated rings. The molecular formula is C21H25N3O4S. The number of rotatable bonds is 8. The van der Waals surface area contributed by atoms with Crippen LogP contribution in [0.25, 0.3) is 0 Å². The molecule has 8 heteroatoms. The molecule has 0 bridgehead atoms. The molecule has 0 spiro atoms. The SMILES string of the molecule is CCN1CCCC1CNC(=O)c1ccc(Sc2ccc(OC)cc2)c([N+](=O)[O-])c1. The highest BCUT2D eigenvalue weighted by Gasteiger charge is 2.24. The molecule has 2 aromatic rings. The van der Waals surface area contributed by atoms with Crippen LogP contribution in [-0.4, -0.2) is 48.5 Å². The van der Waals surface area contributed by atoms with Gasteiger partial charge in [0.2, 0.25) is 0 Å². The first kappa shape index (κ1) is 21.1. The number of carbonyl (C=O) groups excluding carboxylic acids is 1. The number of nitrogens with zero attached hydrogens (tertiary/aromatic N) is 2. The second-order valence-corrected chi connectivity index (χ2v) is 7.97. The molecule has 154 valence electrons. The van der Waals surface area contributed by atoms with Gasteiger partial charge in [-0.05, 0) is 62.3 Å². The second kappa shape index (κ2) is 9.76. The highest BCUT2D eigenvalue weighted by atomic mass is 32.2. The van der Waals surface area contributed by atoms with Crippen LogP contribution in [0.5, 0.6) is 5.75 Å². The molecule has 29 heavy (non-hydrogen) atoms. The van der Waals surface area contributed by atoms with Gasteiger partial charge in [-0.2, -0.15) is 0 Å². The smallest absolute Gasteiger partial charge is 0.284 e. The fourth-order valence-electron chi connectivity index (χ4n) is 3.51. The van der Waals surface area contributed by atoms with E-state index in [1.54, 1.807) is 31.4 Å². The zero-order valence-electron chi connectivity index (χ0n) is 16.6. The van der Waals surface area contributed by atoms with Gasteiger partial charge in [-0.15, -0.1) is 0 Å². The van der Waals surface area contributed by atoms with E-state index < -0.39 is 4.92 Å². The highest BCUT2D eigenvalue weighted by Crippen LogP contribution is 2.36. The van der Waals surface area contributed by atoms with Crippen LogP contribution in [0.1, 0.15) is 30.1 Å². The number of methoxy groups -OCH3 is 1. The van der Waals surface area contributed by atoms with Crippen LogP contribution < -0.4 is 10.1 Å². The van der Waals surface area contributed by atoms with Crippen molar-refractivity contribution < 1.29 is 14.5 Å². The largest absolute Gasteiger partial charge is 0.497 e. The number of nitro benzene ring substituents is 1. The maximum absolute atomic E-state index is 12.5. The minimum Gasteiger partial charge on any atom is -0.497 e. The first-order chi connectivity index (χ1) is 14.0. The maximum Gasteiger partial charge on any atom is 0.284 e. The fraction of sp³-hybridized carbons (Fsp3) is 0.381. The summed E-state index contributed by atoms with van der Waals surface area (Å²) in [6, 6.07) is 12.3. The van der Waals surface area contributed by atoms with Crippen LogP contribution >= 0.6 is 11.8 Å². The minimum absolute atomic E-state index is 0.0745. The molecule has 0 saturated carbocycles. The predicted molar refractivity (Wildman–Crippen MR) is 113 cm³/mol. The Balaban J connectivity index is 1.71. The molecular weight excluding hydrogens is 390 g/mol. The van der Waals surface area contributed by atoms with E-state index in [4.69, 9.17) is 4.74 Å². The third-order valence-electron chi connectivity index (χ3n) is 5.11. The van der Waals surface area contributed by atoms with Gasteiger partial charge in [-0.25, -0.2) is 0 Å². The third kappa shape index (κ3) is 5.27. The van der Waals surface area contributed by atoms with Crippen molar-refractivity contribution in [2.75, 3.05) is 26.7 Å². The first-order valence-corrected chi connectivity index (χ1v) is 10.5. The van der Waals surface area contributed by atoms with E-state index in [0.29, 0.717) is 23.0 Å². The Morgan fingerprint density at radius 2 is 2.07 bits per heavy atom. The number of amides is 1. The van der Waals surface area contributed by atoms with Gasteiger partial charge in [0.1, 0.15) is 5.75 Å². The lowest BCUT2D eigenvalue weighted by atomic mass is 10.1. The summed E-state index contributed by atoms with van der Waals surface area (Å²) in [6.07, 6.45) is 2.20. The van der Waals surface area contributed by atoms with Crippen molar-refractivity contribution in [1.82, 2.24) is 10.2 Å². The predicted octanol–water partition coefficient (Wildman–Crippen LogP) is 3.97. The van der Waals surface area contributed by atoms with Gasteiger partial charge in [-0.1, -0.05) is 18.7 Å². The van der Waals surface area contributed by atoms with Crippen molar-refractivity contribution in [3.8, 4) is 5.75 Å². The Kier molecular flexibility index (Phi) is 7.11. The van der Waals surface area contributed by atoms with Gasteiger partial charge >= 0.3 is 0 Å². The maximum atomic E-state index is 12.5. The van der Waals surface area contributed by atoms with Crippen LogP contribution in [0.4, 0.5) is 5.69 Å². The van der Waals surface area contributed by atoms with E-state index in [1.807, 2.05) is 12.1 Å². The van der Waals surface area contributed by atoms with E-state index in [-0.39, 0.29) is 11.6 Å². The molecule has 3 rings (SSSR count). The van der Waals surface area contributed by atoms with Gasteiger partial charge in [-0.3, -0.25) is 19.8 Å². The Labute approximate surface area is 174 Å². The molecule has 2 aromatic carbocycles. The number of likely N-dealkylation sites (tertiary alicyclic amines) is 1. The topological polar surface area (TPSA) is 84.7 Å². The zero-order valence-corrected chi connectivity index (χ0v) is 17.4. The number of hydrogen-bond acceptors (Lipinski definition) is 6. The number of carbonyl (C=O) groups is 1. The number of benzene rings is 2.